The molecule has 0 aromatic heterocycles. The predicted molar refractivity (Wildman–Crippen MR) is 106 cm³/mol. The van der Waals surface area contributed by atoms with Crippen LogP contribution in [0.4, 0.5) is 0 Å². The molecule has 0 unspecified atom stereocenters. The molecule has 5 rings (SSSR count). The van der Waals surface area contributed by atoms with Gasteiger partial charge < -0.3 is 4.18 Å². The quantitative estimate of drug-likeness (QED) is 0.731. The lowest BCUT2D eigenvalue weighted by atomic mass is 9.59. The Morgan fingerprint density at radius 3 is 2.52 bits per heavy atom. The minimum Gasteiger partial charge on any atom is -0.371 e. The Balaban J connectivity index is 1.53. The first-order chi connectivity index (χ1) is 13.4. The molecule has 0 bridgehead atoms. The molecule has 1 aromatic rings. The van der Waals surface area contributed by atoms with Crippen LogP contribution in [0.5, 0.6) is 5.75 Å². The van der Waals surface area contributed by atoms with Crippen molar-refractivity contribution in [3.63, 3.8) is 0 Å². The highest BCUT2D eigenvalue weighted by atomic mass is 32.2. The van der Waals surface area contributed by atoms with Crippen molar-refractivity contribution in [2.24, 2.45) is 27.0 Å². The van der Waals surface area contributed by atoms with Crippen LogP contribution in [-0.2, 0) is 31.2 Å². The fourth-order valence-electron chi connectivity index (χ4n) is 6.52. The number of aryl methyl sites for hydroxylation is 1. The maximum Gasteiger partial charge on any atom is 0.380 e. The number of benzene rings is 1. The van der Waals surface area contributed by atoms with Gasteiger partial charge in [-0.3, -0.25) is 4.18 Å². The molecule has 0 amide bonds. The van der Waals surface area contributed by atoms with Crippen molar-refractivity contribution in [3.05, 3.63) is 34.9 Å². The maximum absolute atomic E-state index is 11.6. The number of rotatable bonds is 4. The van der Waals surface area contributed by atoms with E-state index in [0.717, 1.165) is 49.7 Å². The monoisotopic (exact) mass is 440 g/mol. The molecule has 4 atom stereocenters. The van der Waals surface area contributed by atoms with Crippen LogP contribution in [0, 0.1) is 16.7 Å². The Bertz CT molecular complexity index is 1160. The Labute approximate surface area is 170 Å². The Kier molecular flexibility index (Phi) is 3.91. The summed E-state index contributed by atoms with van der Waals surface area (Å²) in [6, 6.07) is 5.30. The molecule has 0 heterocycles. The van der Waals surface area contributed by atoms with E-state index in [-0.39, 0.29) is 22.7 Å². The highest BCUT2D eigenvalue weighted by Crippen LogP contribution is 2.80. The van der Waals surface area contributed by atoms with Gasteiger partial charge in [-0.05, 0) is 73.3 Å². The lowest BCUT2D eigenvalue weighted by Gasteiger charge is -2.47. The van der Waals surface area contributed by atoms with E-state index in [1.54, 1.807) is 12.1 Å². The van der Waals surface area contributed by atoms with Gasteiger partial charge in [0.05, 0.1) is 6.10 Å². The third-order valence-electron chi connectivity index (χ3n) is 7.64. The fourth-order valence-corrected chi connectivity index (χ4v) is 7.50. The first-order valence-corrected chi connectivity index (χ1v) is 12.7. The molecule has 2 fully saturated rings. The van der Waals surface area contributed by atoms with Crippen molar-refractivity contribution in [3.8, 4) is 5.75 Å². The van der Waals surface area contributed by atoms with E-state index in [0.29, 0.717) is 5.92 Å². The molecule has 158 valence electrons. The Morgan fingerprint density at radius 2 is 1.83 bits per heavy atom. The van der Waals surface area contributed by atoms with Gasteiger partial charge in [0.2, 0.25) is 0 Å². The van der Waals surface area contributed by atoms with Crippen LogP contribution in [-0.4, -0.2) is 22.9 Å². The summed E-state index contributed by atoms with van der Waals surface area (Å²) in [5, 5.41) is 10.2. The van der Waals surface area contributed by atoms with E-state index in [2.05, 4.69) is 6.92 Å². The van der Waals surface area contributed by atoms with Crippen molar-refractivity contribution in [2.45, 2.75) is 51.6 Å². The van der Waals surface area contributed by atoms with Gasteiger partial charge in [0, 0.05) is 10.8 Å². The molecule has 10 heteroatoms. The zero-order valence-electron chi connectivity index (χ0n) is 16.1. The SMILES string of the molecule is C[C@]12CCC3=C(CCc4cc(OS(N)(=O)=O)ccc43)[C@]13C[C@@H]3C[C@@H]2OS(N)(=O)=O. The molecule has 1 spiro atoms. The molecule has 4 N–H and O–H groups in total. The smallest absolute Gasteiger partial charge is 0.371 e. The van der Waals surface area contributed by atoms with Crippen molar-refractivity contribution < 1.29 is 25.2 Å². The van der Waals surface area contributed by atoms with E-state index in [1.165, 1.54) is 11.1 Å². The van der Waals surface area contributed by atoms with Gasteiger partial charge >= 0.3 is 20.6 Å². The van der Waals surface area contributed by atoms with E-state index in [9.17, 15) is 16.8 Å². The summed E-state index contributed by atoms with van der Waals surface area (Å²) in [4.78, 5) is 0. The van der Waals surface area contributed by atoms with E-state index in [4.69, 9.17) is 18.6 Å². The summed E-state index contributed by atoms with van der Waals surface area (Å²) in [6.45, 7) is 2.15. The third kappa shape index (κ3) is 2.88. The molecule has 0 saturated heterocycles. The normalized spacial score (nSPS) is 35.4. The number of allylic oxidation sites excluding steroid dienone is 2. The second-order valence-electron chi connectivity index (χ2n) is 8.96. The standard InChI is InChI=1S/C19H24N2O6S2/c1-18-7-6-15-14-4-3-13(26-28(20,22)23)8-11(14)2-5-16(15)19(18)10-12(19)9-17(18)27-29(21,24)25/h3-4,8,12,17H,2,5-7,9-10H2,1H3,(H2,20,22,23)(H2,21,24,25)/t12-,17-,18+,19+/m0/s1. The summed E-state index contributed by atoms with van der Waals surface area (Å²) in [5.41, 5.74) is 4.66. The lowest BCUT2D eigenvalue weighted by Crippen LogP contribution is -2.44. The zero-order chi connectivity index (χ0) is 20.8. The molecular formula is C19H24N2O6S2. The molecule has 8 nitrogen and oxygen atoms in total. The third-order valence-corrected chi connectivity index (χ3v) is 8.56. The lowest BCUT2D eigenvalue weighted by molar-refractivity contribution is 0.0341. The maximum atomic E-state index is 11.6. The van der Waals surface area contributed by atoms with Crippen LogP contribution >= 0.6 is 0 Å². The summed E-state index contributed by atoms with van der Waals surface area (Å²) < 4.78 is 55.7. The second kappa shape index (κ2) is 5.82. The topological polar surface area (TPSA) is 139 Å². The van der Waals surface area contributed by atoms with Gasteiger partial charge in [-0.25, -0.2) is 5.14 Å². The molecule has 0 aliphatic heterocycles. The molecule has 4 aliphatic carbocycles. The van der Waals surface area contributed by atoms with Crippen LogP contribution in [0.25, 0.3) is 5.57 Å². The molecule has 1 aromatic carbocycles. The second-order valence-corrected chi connectivity index (χ2v) is 11.3. The first-order valence-electron chi connectivity index (χ1n) is 9.72. The fraction of sp³-hybridized carbons (Fsp3) is 0.579. The van der Waals surface area contributed by atoms with Crippen LogP contribution in [0.15, 0.2) is 23.8 Å². The summed E-state index contributed by atoms with van der Waals surface area (Å²) in [7, 11) is -8.05. The van der Waals surface area contributed by atoms with Gasteiger partial charge in [-0.15, -0.1) is 0 Å². The van der Waals surface area contributed by atoms with Gasteiger partial charge in [0.15, 0.2) is 0 Å². The van der Waals surface area contributed by atoms with Crippen LogP contribution < -0.4 is 14.5 Å². The van der Waals surface area contributed by atoms with Crippen LogP contribution in [0.2, 0.25) is 0 Å². The van der Waals surface area contributed by atoms with E-state index < -0.39 is 20.6 Å². The van der Waals surface area contributed by atoms with E-state index in [1.807, 2.05) is 6.07 Å². The summed E-state index contributed by atoms with van der Waals surface area (Å²) in [6.07, 6.45) is 4.71. The molecule has 2 saturated carbocycles. The zero-order valence-corrected chi connectivity index (χ0v) is 17.7. The van der Waals surface area contributed by atoms with Gasteiger partial charge in [0.1, 0.15) is 5.75 Å². The largest absolute Gasteiger partial charge is 0.380 e. The van der Waals surface area contributed by atoms with Gasteiger partial charge in [-0.2, -0.15) is 22.0 Å². The summed E-state index contributed by atoms with van der Waals surface area (Å²) in [5.74, 6) is 0.650. The highest BCUT2D eigenvalue weighted by Gasteiger charge is 2.75. The van der Waals surface area contributed by atoms with Crippen LogP contribution in [0.1, 0.15) is 50.2 Å². The molecule has 4 aliphatic rings. The number of hydrogen-bond donors (Lipinski definition) is 2. The average Bonchev–Trinajstić information content (AvgIpc) is 3.24. The Morgan fingerprint density at radius 1 is 1.07 bits per heavy atom. The summed E-state index contributed by atoms with van der Waals surface area (Å²) >= 11 is 0. The van der Waals surface area contributed by atoms with Crippen molar-refractivity contribution in [2.75, 3.05) is 0 Å². The molecule has 0 radical (unpaired) electrons. The first kappa shape index (κ1) is 19.5. The van der Waals surface area contributed by atoms with Gasteiger partial charge in [0.25, 0.3) is 0 Å². The van der Waals surface area contributed by atoms with Crippen molar-refractivity contribution in [1.82, 2.24) is 0 Å². The number of hydrogen-bond acceptors (Lipinski definition) is 6. The van der Waals surface area contributed by atoms with E-state index >= 15 is 0 Å². The minimum atomic E-state index is -4.06. The van der Waals surface area contributed by atoms with Crippen molar-refractivity contribution >= 4 is 26.2 Å². The number of nitrogens with two attached hydrogens (primary N) is 2. The Hall–Kier alpha value is -1.46. The van der Waals surface area contributed by atoms with Crippen molar-refractivity contribution in [1.29, 1.82) is 0 Å². The highest BCUT2D eigenvalue weighted by molar-refractivity contribution is 7.84. The van der Waals surface area contributed by atoms with Crippen LogP contribution in [0.3, 0.4) is 0 Å². The molecule has 29 heavy (non-hydrogen) atoms. The average molecular weight is 441 g/mol. The number of fused-ring (bicyclic) bond motifs is 2. The molecular weight excluding hydrogens is 416 g/mol. The van der Waals surface area contributed by atoms with Gasteiger partial charge in [-0.1, -0.05) is 18.6 Å². The minimum absolute atomic E-state index is 0.0105. The predicted octanol–water partition coefficient (Wildman–Crippen LogP) is 1.77.